The minimum absolute atomic E-state index is 0.0604. The van der Waals surface area contributed by atoms with E-state index in [4.69, 9.17) is 0 Å². The maximum atomic E-state index is 11.7. The fraction of sp³-hybridized carbons (Fsp3) is 0.833. The van der Waals surface area contributed by atoms with Gasteiger partial charge in [-0.15, -0.1) is 0 Å². The molecule has 9 heteroatoms. The molecule has 0 radical (unpaired) electrons. The highest BCUT2D eigenvalue weighted by molar-refractivity contribution is 7.87. The summed E-state index contributed by atoms with van der Waals surface area (Å²) >= 11 is 0. The van der Waals surface area contributed by atoms with E-state index in [2.05, 4.69) is 8.92 Å². The normalized spacial score (nSPS) is 12.5. The van der Waals surface area contributed by atoms with Crippen LogP contribution in [0.5, 0.6) is 0 Å². The van der Waals surface area contributed by atoms with Gasteiger partial charge in [-0.2, -0.15) is 21.6 Å². The van der Waals surface area contributed by atoms with Crippen molar-refractivity contribution in [3.63, 3.8) is 0 Å². The molecule has 0 saturated carbocycles. The maximum Gasteiger partial charge on any atom is 0.523 e. The second-order valence-corrected chi connectivity index (χ2v) is 3.88. The lowest BCUT2D eigenvalue weighted by molar-refractivity contribution is -0.143. The van der Waals surface area contributed by atoms with Crippen LogP contribution in [0.1, 0.15) is 13.3 Å². The summed E-state index contributed by atoms with van der Waals surface area (Å²) in [6.07, 6.45) is -0.552. The van der Waals surface area contributed by atoms with Crippen LogP contribution in [0.2, 0.25) is 0 Å². The molecule has 90 valence electrons. The van der Waals surface area contributed by atoms with E-state index in [1.165, 1.54) is 6.92 Å². The molecule has 15 heavy (non-hydrogen) atoms. The van der Waals surface area contributed by atoms with Gasteiger partial charge in [0.1, 0.15) is 0 Å². The number of esters is 1. The molecule has 0 rings (SSSR count). The molecule has 0 bridgehead atoms. The van der Waals surface area contributed by atoms with Crippen molar-refractivity contribution in [2.75, 3.05) is 13.2 Å². The Hall–Kier alpha value is -0.830. The molecule has 0 aliphatic rings. The van der Waals surface area contributed by atoms with Crippen molar-refractivity contribution < 1.29 is 35.3 Å². The molecular weight excluding hydrogens is 241 g/mol. The van der Waals surface area contributed by atoms with Crippen LogP contribution in [0, 0.1) is 0 Å². The summed E-state index contributed by atoms with van der Waals surface area (Å²) < 4.78 is 63.5. The van der Waals surface area contributed by atoms with E-state index in [9.17, 15) is 26.4 Å². The number of hydrogen-bond donors (Lipinski definition) is 0. The zero-order valence-corrected chi connectivity index (χ0v) is 8.52. The van der Waals surface area contributed by atoms with Gasteiger partial charge in [-0.3, -0.25) is 8.98 Å². The van der Waals surface area contributed by atoms with Crippen molar-refractivity contribution in [2.45, 2.75) is 18.9 Å². The monoisotopic (exact) mass is 250 g/mol. The minimum Gasteiger partial charge on any atom is -0.466 e. The number of halogens is 3. The molecule has 0 aliphatic carbocycles. The number of carbonyl (C=O) groups excluding carboxylic acids is 1. The van der Waals surface area contributed by atoms with Gasteiger partial charge in [0.25, 0.3) is 0 Å². The third kappa shape index (κ3) is 4.98. The highest BCUT2D eigenvalue weighted by Gasteiger charge is 2.47. The molecule has 0 spiro atoms. The summed E-state index contributed by atoms with van der Waals surface area (Å²) in [6, 6.07) is 0. The Bertz CT molecular complexity index is 307. The van der Waals surface area contributed by atoms with Gasteiger partial charge in [-0.25, -0.2) is 0 Å². The zero-order valence-electron chi connectivity index (χ0n) is 7.70. The lowest BCUT2D eigenvalue weighted by Crippen LogP contribution is -2.26. The molecule has 0 aromatic rings. The molecular formula is C6H9F3O5S. The molecule has 0 amide bonds. The van der Waals surface area contributed by atoms with Crippen LogP contribution in [0.25, 0.3) is 0 Å². The number of alkyl halides is 3. The first kappa shape index (κ1) is 14.2. The third-order valence-corrected chi connectivity index (χ3v) is 2.18. The Balaban J connectivity index is 4.03. The van der Waals surface area contributed by atoms with E-state index >= 15 is 0 Å². The summed E-state index contributed by atoms with van der Waals surface area (Å²) in [5.41, 5.74) is -5.47. The van der Waals surface area contributed by atoms with E-state index in [0.717, 1.165) is 0 Å². The van der Waals surface area contributed by atoms with Gasteiger partial charge in [0.2, 0.25) is 0 Å². The van der Waals surface area contributed by atoms with Crippen LogP contribution in [0.3, 0.4) is 0 Å². The molecule has 0 atom stereocenters. The fourth-order valence-corrected chi connectivity index (χ4v) is 0.971. The van der Waals surface area contributed by atoms with Gasteiger partial charge in [0, 0.05) is 0 Å². The van der Waals surface area contributed by atoms with Crippen LogP contribution < -0.4 is 0 Å². The number of hydrogen-bond acceptors (Lipinski definition) is 5. The Morgan fingerprint density at radius 3 is 2.27 bits per heavy atom. The van der Waals surface area contributed by atoms with Crippen molar-refractivity contribution in [1.29, 1.82) is 0 Å². The van der Waals surface area contributed by atoms with Crippen molar-refractivity contribution in [2.24, 2.45) is 0 Å². The first-order valence-corrected chi connectivity index (χ1v) is 5.23. The molecule has 0 fully saturated rings. The minimum atomic E-state index is -5.62. The lowest BCUT2D eigenvalue weighted by atomic mass is 10.5. The van der Waals surface area contributed by atoms with Crippen molar-refractivity contribution >= 4 is 16.1 Å². The number of ether oxygens (including phenoxy) is 1. The first-order valence-electron chi connectivity index (χ1n) is 3.82. The summed E-state index contributed by atoms with van der Waals surface area (Å²) in [7, 11) is -5.62. The average Bonchev–Trinajstić information content (AvgIpc) is 2.01. The second kappa shape index (κ2) is 5.31. The van der Waals surface area contributed by atoms with Crippen molar-refractivity contribution in [1.82, 2.24) is 0 Å². The van der Waals surface area contributed by atoms with Crippen LogP contribution in [0.4, 0.5) is 13.2 Å². The molecule has 0 saturated heterocycles. The van der Waals surface area contributed by atoms with E-state index in [1.807, 2.05) is 0 Å². The molecule has 0 aromatic heterocycles. The molecule has 5 nitrogen and oxygen atoms in total. The van der Waals surface area contributed by atoms with Gasteiger partial charge in [-0.1, -0.05) is 0 Å². The maximum absolute atomic E-state index is 11.7. The third-order valence-electron chi connectivity index (χ3n) is 1.13. The molecule has 0 N–H and O–H groups in total. The molecule has 0 aliphatic heterocycles. The summed E-state index contributed by atoms with van der Waals surface area (Å²) in [5, 5.41) is 0. The van der Waals surface area contributed by atoms with Crippen LogP contribution in [-0.4, -0.2) is 33.1 Å². The topological polar surface area (TPSA) is 69.7 Å². The largest absolute Gasteiger partial charge is 0.523 e. The molecule has 0 unspecified atom stereocenters. The lowest BCUT2D eigenvalue weighted by Gasteiger charge is -2.07. The van der Waals surface area contributed by atoms with Gasteiger partial charge in [0.15, 0.2) is 0 Å². The zero-order chi connectivity index (χ0) is 12.1. The predicted molar refractivity (Wildman–Crippen MR) is 42.2 cm³/mol. The van der Waals surface area contributed by atoms with Gasteiger partial charge < -0.3 is 4.74 Å². The standard InChI is InChI=1S/C6H9F3O5S/c1-2-13-5(10)3-4-14-15(11,12)6(7,8)9/h2-4H2,1H3. The highest BCUT2D eigenvalue weighted by atomic mass is 32.2. The highest BCUT2D eigenvalue weighted by Crippen LogP contribution is 2.24. The van der Waals surface area contributed by atoms with Crippen LogP contribution in [0.15, 0.2) is 0 Å². The Labute approximate surface area is 84.3 Å². The fourth-order valence-electron chi connectivity index (χ4n) is 0.535. The summed E-state index contributed by atoms with van der Waals surface area (Å²) in [4.78, 5) is 10.6. The summed E-state index contributed by atoms with van der Waals surface area (Å²) in [6.45, 7) is 0.677. The Morgan fingerprint density at radius 1 is 1.33 bits per heavy atom. The summed E-state index contributed by atoms with van der Waals surface area (Å²) in [5.74, 6) is -0.824. The smallest absolute Gasteiger partial charge is 0.466 e. The second-order valence-electron chi connectivity index (χ2n) is 2.28. The average molecular weight is 250 g/mol. The Morgan fingerprint density at radius 2 is 1.87 bits per heavy atom. The SMILES string of the molecule is CCOC(=O)CCOS(=O)(=O)C(F)(F)F. The van der Waals surface area contributed by atoms with E-state index in [1.54, 1.807) is 0 Å². The number of rotatable bonds is 5. The van der Waals surface area contributed by atoms with Gasteiger partial charge in [-0.05, 0) is 6.92 Å². The van der Waals surface area contributed by atoms with E-state index in [0.29, 0.717) is 0 Å². The quantitative estimate of drug-likeness (QED) is 0.410. The van der Waals surface area contributed by atoms with Crippen molar-refractivity contribution in [3.8, 4) is 0 Å². The van der Waals surface area contributed by atoms with Gasteiger partial charge in [0.05, 0.1) is 19.6 Å². The molecule has 0 aromatic carbocycles. The van der Waals surface area contributed by atoms with E-state index < -0.39 is 34.6 Å². The van der Waals surface area contributed by atoms with Crippen molar-refractivity contribution in [3.05, 3.63) is 0 Å². The van der Waals surface area contributed by atoms with Crippen LogP contribution in [-0.2, 0) is 23.8 Å². The first-order chi connectivity index (χ1) is 6.70. The predicted octanol–water partition coefficient (Wildman–Crippen LogP) is 0.806. The van der Waals surface area contributed by atoms with E-state index in [-0.39, 0.29) is 6.61 Å². The van der Waals surface area contributed by atoms with Crippen LogP contribution >= 0.6 is 0 Å². The Kier molecular flexibility index (Phi) is 5.01. The van der Waals surface area contributed by atoms with Gasteiger partial charge >= 0.3 is 21.6 Å². The number of carbonyl (C=O) groups is 1. The molecule has 0 heterocycles.